The fraction of sp³-hybridized carbons (Fsp3) is 0.833. The van der Waals surface area contributed by atoms with Gasteiger partial charge in [-0.15, -0.1) is 0 Å². The number of rotatable bonds is 0. The number of likely N-dealkylation sites (tertiary alicyclic amines) is 1. The summed E-state index contributed by atoms with van der Waals surface area (Å²) in [5, 5.41) is 10.1. The Balaban J connectivity index is 0.000000166. The van der Waals surface area contributed by atoms with Crippen molar-refractivity contribution in [3.8, 4) is 0 Å². The van der Waals surface area contributed by atoms with Crippen molar-refractivity contribution in [3.05, 3.63) is 17.5 Å². The van der Waals surface area contributed by atoms with E-state index in [-0.39, 0.29) is 0 Å². The Morgan fingerprint density at radius 1 is 1.05 bits per heavy atom. The smallest absolute Gasteiger partial charge is 0.0620 e. The molecule has 0 amide bonds. The fourth-order valence-electron chi connectivity index (χ4n) is 2.88. The second-order valence-electron chi connectivity index (χ2n) is 7.03. The highest BCUT2D eigenvalue weighted by molar-refractivity contribution is 5.10. The van der Waals surface area contributed by atoms with Gasteiger partial charge in [0.05, 0.1) is 5.69 Å². The predicted octanol–water partition coefficient (Wildman–Crippen LogP) is 3.66. The molecule has 0 spiro atoms. The summed E-state index contributed by atoms with van der Waals surface area (Å²) in [6, 6.07) is 2.37. The summed E-state index contributed by atoms with van der Waals surface area (Å²) in [6.45, 7) is 12.1. The van der Waals surface area contributed by atoms with Crippen LogP contribution >= 0.6 is 0 Å². The Bertz CT molecular complexity index is 369. The largest absolute Gasteiger partial charge is 0.312 e. The van der Waals surface area contributed by atoms with Gasteiger partial charge in [0.15, 0.2) is 0 Å². The van der Waals surface area contributed by atoms with E-state index in [0.29, 0.717) is 0 Å². The lowest BCUT2D eigenvalue weighted by Gasteiger charge is -2.25. The maximum absolute atomic E-state index is 3.89. The van der Waals surface area contributed by atoms with E-state index in [1.807, 2.05) is 20.0 Å². The molecule has 22 heavy (non-hydrogen) atoms. The molecule has 0 radical (unpaired) electrons. The van der Waals surface area contributed by atoms with Crippen LogP contribution in [0, 0.1) is 13.8 Å². The third-order valence-electron chi connectivity index (χ3n) is 4.81. The van der Waals surface area contributed by atoms with Crippen LogP contribution < -0.4 is 5.32 Å². The molecule has 3 atom stereocenters. The van der Waals surface area contributed by atoms with Crippen molar-refractivity contribution >= 4 is 0 Å². The van der Waals surface area contributed by atoms with E-state index in [1.54, 1.807) is 0 Å². The molecule has 0 bridgehead atoms. The van der Waals surface area contributed by atoms with Crippen molar-refractivity contribution in [2.24, 2.45) is 0 Å². The molecule has 0 saturated carbocycles. The summed E-state index contributed by atoms with van der Waals surface area (Å²) in [7, 11) is 2.19. The van der Waals surface area contributed by atoms with Gasteiger partial charge in [-0.1, -0.05) is 6.42 Å². The second kappa shape index (κ2) is 10.0. The molecule has 1 aromatic heterocycles. The van der Waals surface area contributed by atoms with Gasteiger partial charge in [-0.05, 0) is 79.5 Å². The first-order chi connectivity index (χ1) is 10.4. The van der Waals surface area contributed by atoms with Crippen molar-refractivity contribution in [1.29, 1.82) is 0 Å². The molecule has 2 N–H and O–H groups in total. The van der Waals surface area contributed by atoms with Gasteiger partial charge in [-0.2, -0.15) is 5.10 Å². The van der Waals surface area contributed by atoms with Crippen LogP contribution in [0.1, 0.15) is 64.1 Å². The van der Waals surface area contributed by atoms with Gasteiger partial charge in [0.2, 0.25) is 0 Å². The Labute approximate surface area is 137 Å². The number of hydrogen-bond acceptors (Lipinski definition) is 3. The van der Waals surface area contributed by atoms with Crippen LogP contribution in [0.25, 0.3) is 0 Å². The fourth-order valence-corrected chi connectivity index (χ4v) is 2.88. The maximum Gasteiger partial charge on any atom is 0.0620 e. The summed E-state index contributed by atoms with van der Waals surface area (Å²) in [4.78, 5) is 2.40. The van der Waals surface area contributed by atoms with Crippen LogP contribution in [0.2, 0.25) is 0 Å². The maximum atomic E-state index is 3.89. The van der Waals surface area contributed by atoms with Crippen LogP contribution in [0.4, 0.5) is 0 Å². The lowest BCUT2D eigenvalue weighted by atomic mass is 10.0. The van der Waals surface area contributed by atoms with Crippen LogP contribution in [-0.4, -0.2) is 46.8 Å². The van der Waals surface area contributed by atoms with Gasteiger partial charge in [-0.25, -0.2) is 0 Å². The molecule has 4 heteroatoms. The highest BCUT2D eigenvalue weighted by Gasteiger charge is 2.14. The zero-order chi connectivity index (χ0) is 16.5. The van der Waals surface area contributed by atoms with Crippen molar-refractivity contribution in [2.75, 3.05) is 13.6 Å². The van der Waals surface area contributed by atoms with Crippen molar-refractivity contribution < 1.29 is 0 Å². The molecule has 128 valence electrons. The number of aromatic amines is 1. The third-order valence-corrected chi connectivity index (χ3v) is 4.81. The standard InChI is InChI=1S/C7H15N.C6H13N.C5H8N2/c1-6-4-3-5-7(2)8-6;1-6-4-3-5-7(6)2;1-4-3-6-7-5(4)2/h6-8H,3-5H2,1-2H3;6H,3-5H2,1-2H3;3H,1-2H3,(H,6,7). The van der Waals surface area contributed by atoms with Crippen molar-refractivity contribution in [2.45, 2.75) is 84.8 Å². The monoisotopic (exact) mass is 308 g/mol. The van der Waals surface area contributed by atoms with Gasteiger partial charge in [0.25, 0.3) is 0 Å². The molecule has 0 aromatic carbocycles. The first-order valence-electron chi connectivity index (χ1n) is 8.83. The zero-order valence-electron chi connectivity index (χ0n) is 15.4. The average molecular weight is 309 g/mol. The molecule has 2 aliphatic heterocycles. The summed E-state index contributed by atoms with van der Waals surface area (Å²) >= 11 is 0. The Hall–Kier alpha value is -0.870. The highest BCUT2D eigenvalue weighted by atomic mass is 15.1. The van der Waals surface area contributed by atoms with Gasteiger partial charge < -0.3 is 10.2 Å². The number of aryl methyl sites for hydroxylation is 2. The average Bonchev–Trinajstić information content (AvgIpc) is 3.01. The van der Waals surface area contributed by atoms with Crippen LogP contribution in [0.5, 0.6) is 0 Å². The molecule has 1 aromatic rings. The van der Waals surface area contributed by atoms with Gasteiger partial charge >= 0.3 is 0 Å². The lowest BCUT2D eigenvalue weighted by Crippen LogP contribution is -2.38. The predicted molar refractivity (Wildman–Crippen MR) is 95.3 cm³/mol. The lowest BCUT2D eigenvalue weighted by molar-refractivity contribution is 0.331. The van der Waals surface area contributed by atoms with Gasteiger partial charge in [0.1, 0.15) is 0 Å². The molecule has 2 fully saturated rings. The minimum absolute atomic E-state index is 0.763. The molecule has 2 aliphatic rings. The zero-order valence-corrected chi connectivity index (χ0v) is 15.4. The van der Waals surface area contributed by atoms with Crippen molar-refractivity contribution in [1.82, 2.24) is 20.4 Å². The van der Waals surface area contributed by atoms with Crippen LogP contribution in [0.3, 0.4) is 0 Å². The number of hydrogen-bond donors (Lipinski definition) is 2. The van der Waals surface area contributed by atoms with E-state index in [9.17, 15) is 0 Å². The number of aromatic nitrogens is 2. The molecular weight excluding hydrogens is 272 g/mol. The minimum Gasteiger partial charge on any atom is -0.312 e. The van der Waals surface area contributed by atoms with Crippen LogP contribution in [-0.2, 0) is 0 Å². The van der Waals surface area contributed by atoms with Gasteiger partial charge in [0, 0.05) is 24.3 Å². The number of piperidine rings is 1. The normalized spacial score (nSPS) is 28.4. The number of nitrogens with zero attached hydrogens (tertiary/aromatic N) is 2. The first kappa shape index (κ1) is 19.2. The summed E-state index contributed by atoms with van der Waals surface area (Å²) in [5.74, 6) is 0. The second-order valence-corrected chi connectivity index (χ2v) is 7.03. The molecule has 2 saturated heterocycles. The molecule has 4 nitrogen and oxygen atoms in total. The topological polar surface area (TPSA) is 44.0 Å². The van der Waals surface area contributed by atoms with Gasteiger partial charge in [-0.3, -0.25) is 5.10 Å². The molecule has 3 rings (SSSR count). The minimum atomic E-state index is 0.763. The van der Waals surface area contributed by atoms with E-state index in [2.05, 4.69) is 48.2 Å². The summed E-state index contributed by atoms with van der Waals surface area (Å²) in [6.07, 6.45) is 8.83. The Kier molecular flexibility index (Phi) is 8.72. The SMILES string of the molecule is CC1CCCC(C)N1.CC1CCCN1C.Cc1c[nH]nc1C. The van der Waals surface area contributed by atoms with E-state index in [0.717, 1.165) is 23.8 Å². The number of H-pyrrole nitrogens is 1. The summed E-state index contributed by atoms with van der Waals surface area (Å²) in [5.41, 5.74) is 2.31. The van der Waals surface area contributed by atoms with E-state index >= 15 is 0 Å². The van der Waals surface area contributed by atoms with E-state index < -0.39 is 0 Å². The third kappa shape index (κ3) is 7.41. The highest BCUT2D eigenvalue weighted by Crippen LogP contribution is 2.12. The quantitative estimate of drug-likeness (QED) is 0.768. The van der Waals surface area contributed by atoms with E-state index in [4.69, 9.17) is 0 Å². The molecule has 3 heterocycles. The Morgan fingerprint density at radius 3 is 1.86 bits per heavy atom. The van der Waals surface area contributed by atoms with E-state index in [1.165, 1.54) is 44.2 Å². The van der Waals surface area contributed by atoms with Crippen LogP contribution in [0.15, 0.2) is 6.20 Å². The Morgan fingerprint density at radius 2 is 1.68 bits per heavy atom. The molecular formula is C18H36N4. The first-order valence-corrected chi connectivity index (χ1v) is 8.83. The molecule has 3 unspecified atom stereocenters. The van der Waals surface area contributed by atoms with Crippen molar-refractivity contribution in [3.63, 3.8) is 0 Å². The summed E-state index contributed by atoms with van der Waals surface area (Å²) < 4.78 is 0. The number of nitrogens with one attached hydrogen (secondary N) is 2. The molecule has 0 aliphatic carbocycles.